The van der Waals surface area contributed by atoms with Crippen molar-refractivity contribution in [2.45, 2.75) is 6.92 Å². The molecule has 0 spiro atoms. The minimum Gasteiger partial charge on any atom is -0.497 e. The number of carbonyl (C=O) groups is 1. The van der Waals surface area contributed by atoms with Crippen LogP contribution in [0.25, 0.3) is 11.0 Å². The Labute approximate surface area is 144 Å². The third-order valence-corrected chi connectivity index (χ3v) is 3.99. The van der Waals surface area contributed by atoms with Gasteiger partial charge in [-0.05, 0) is 43.3 Å². The van der Waals surface area contributed by atoms with Crippen molar-refractivity contribution < 1.29 is 18.7 Å². The van der Waals surface area contributed by atoms with Crippen molar-refractivity contribution >= 4 is 34.2 Å². The minimum absolute atomic E-state index is 0.236. The number of benzene rings is 2. The molecule has 0 bridgehead atoms. The molecule has 1 amide bonds. The Bertz CT molecular complexity index is 917. The molecule has 1 aromatic heterocycles. The Morgan fingerprint density at radius 2 is 1.92 bits per heavy atom. The fourth-order valence-electron chi connectivity index (χ4n) is 2.50. The van der Waals surface area contributed by atoms with E-state index in [1.54, 1.807) is 37.4 Å². The van der Waals surface area contributed by atoms with Crippen LogP contribution in [0.3, 0.4) is 0 Å². The lowest BCUT2D eigenvalue weighted by Gasteiger charge is -2.09. The second-order valence-corrected chi connectivity index (χ2v) is 5.65. The number of aryl methyl sites for hydroxylation is 1. The van der Waals surface area contributed by atoms with Crippen LogP contribution in [0.4, 0.5) is 5.69 Å². The summed E-state index contributed by atoms with van der Waals surface area (Å²) in [5.74, 6) is 1.08. The molecule has 0 fully saturated rings. The number of rotatable bonds is 4. The summed E-state index contributed by atoms with van der Waals surface area (Å²) in [4.78, 5) is 12.6. The van der Waals surface area contributed by atoms with Crippen molar-refractivity contribution in [3.05, 3.63) is 52.7 Å². The van der Waals surface area contributed by atoms with Gasteiger partial charge in [0, 0.05) is 16.0 Å². The Morgan fingerprint density at radius 1 is 1.12 bits per heavy atom. The predicted octanol–water partition coefficient (Wildman–Crippen LogP) is 4.66. The molecule has 0 saturated carbocycles. The molecule has 0 aliphatic heterocycles. The number of halogens is 1. The molecule has 1 heterocycles. The lowest BCUT2D eigenvalue weighted by molar-refractivity contribution is 0.0997. The molecule has 3 rings (SSSR count). The standard InChI is InChI=1S/C18H16ClNO4/c1-10-13-9-12(22-2)5-7-15(13)24-17(10)18(21)20-14-8-11(19)4-6-16(14)23-3/h4-9H,1-3H3,(H,20,21). The summed E-state index contributed by atoms with van der Waals surface area (Å²) >= 11 is 5.99. The summed E-state index contributed by atoms with van der Waals surface area (Å²) in [6.45, 7) is 1.83. The number of methoxy groups -OCH3 is 2. The smallest absolute Gasteiger partial charge is 0.291 e. The molecule has 24 heavy (non-hydrogen) atoms. The molecule has 3 aromatic rings. The topological polar surface area (TPSA) is 60.7 Å². The normalized spacial score (nSPS) is 10.7. The number of nitrogens with one attached hydrogen (secondary N) is 1. The van der Waals surface area contributed by atoms with E-state index < -0.39 is 0 Å². The van der Waals surface area contributed by atoms with Gasteiger partial charge < -0.3 is 19.2 Å². The van der Waals surface area contributed by atoms with Crippen molar-refractivity contribution in [2.75, 3.05) is 19.5 Å². The Balaban J connectivity index is 1.97. The van der Waals surface area contributed by atoms with Gasteiger partial charge in [-0.1, -0.05) is 11.6 Å². The van der Waals surface area contributed by atoms with Crippen LogP contribution >= 0.6 is 11.6 Å². The summed E-state index contributed by atoms with van der Waals surface area (Å²) in [5, 5.41) is 4.10. The van der Waals surface area contributed by atoms with Gasteiger partial charge in [0.15, 0.2) is 5.76 Å². The van der Waals surface area contributed by atoms with Crippen molar-refractivity contribution in [1.29, 1.82) is 0 Å². The van der Waals surface area contributed by atoms with Crippen molar-refractivity contribution in [2.24, 2.45) is 0 Å². The zero-order chi connectivity index (χ0) is 17.3. The Kier molecular flexibility index (Phi) is 4.36. The van der Waals surface area contributed by atoms with Gasteiger partial charge >= 0.3 is 0 Å². The second kappa shape index (κ2) is 6.45. The molecule has 0 aliphatic rings. The molecule has 6 heteroatoms. The van der Waals surface area contributed by atoms with Gasteiger partial charge in [-0.15, -0.1) is 0 Å². The van der Waals surface area contributed by atoms with E-state index in [9.17, 15) is 4.79 Å². The average molecular weight is 346 g/mol. The lowest BCUT2D eigenvalue weighted by atomic mass is 10.1. The van der Waals surface area contributed by atoms with Gasteiger partial charge in [0.05, 0.1) is 19.9 Å². The third kappa shape index (κ3) is 2.90. The third-order valence-electron chi connectivity index (χ3n) is 3.76. The van der Waals surface area contributed by atoms with Gasteiger partial charge in [0.1, 0.15) is 17.1 Å². The molecule has 0 aliphatic carbocycles. The van der Waals surface area contributed by atoms with Gasteiger partial charge in [-0.25, -0.2) is 0 Å². The average Bonchev–Trinajstić information content (AvgIpc) is 2.91. The number of hydrogen-bond acceptors (Lipinski definition) is 4. The quantitative estimate of drug-likeness (QED) is 0.746. The molecule has 1 N–H and O–H groups in total. The fraction of sp³-hybridized carbons (Fsp3) is 0.167. The van der Waals surface area contributed by atoms with Crippen LogP contribution in [-0.2, 0) is 0 Å². The maximum Gasteiger partial charge on any atom is 0.291 e. The number of fused-ring (bicyclic) bond motifs is 1. The minimum atomic E-state index is -0.372. The fourth-order valence-corrected chi connectivity index (χ4v) is 2.67. The highest BCUT2D eigenvalue weighted by Crippen LogP contribution is 2.31. The molecular weight excluding hydrogens is 330 g/mol. The van der Waals surface area contributed by atoms with Crippen molar-refractivity contribution in [3.63, 3.8) is 0 Å². The summed E-state index contributed by atoms with van der Waals surface area (Å²) in [6, 6.07) is 10.4. The predicted molar refractivity (Wildman–Crippen MR) is 93.5 cm³/mol. The lowest BCUT2D eigenvalue weighted by Crippen LogP contribution is -2.12. The first-order valence-electron chi connectivity index (χ1n) is 7.25. The first-order valence-corrected chi connectivity index (χ1v) is 7.63. The van der Waals surface area contributed by atoms with Crippen molar-refractivity contribution in [3.8, 4) is 11.5 Å². The number of furan rings is 1. The van der Waals surface area contributed by atoms with E-state index in [0.717, 1.165) is 10.9 Å². The highest BCUT2D eigenvalue weighted by molar-refractivity contribution is 6.31. The van der Waals surface area contributed by atoms with Crippen LogP contribution in [0.15, 0.2) is 40.8 Å². The van der Waals surface area contributed by atoms with Crippen LogP contribution in [-0.4, -0.2) is 20.1 Å². The molecule has 0 radical (unpaired) electrons. The van der Waals surface area contributed by atoms with E-state index in [0.29, 0.717) is 27.8 Å². The van der Waals surface area contributed by atoms with E-state index in [1.165, 1.54) is 7.11 Å². The van der Waals surface area contributed by atoms with Crippen LogP contribution in [0.2, 0.25) is 5.02 Å². The zero-order valence-corrected chi connectivity index (χ0v) is 14.2. The summed E-state index contributed by atoms with van der Waals surface area (Å²) < 4.78 is 16.1. The van der Waals surface area contributed by atoms with Gasteiger partial charge in [-0.3, -0.25) is 4.79 Å². The number of anilines is 1. The van der Waals surface area contributed by atoms with E-state index in [1.807, 2.05) is 13.0 Å². The Morgan fingerprint density at radius 3 is 2.62 bits per heavy atom. The molecular formula is C18H16ClNO4. The molecule has 0 unspecified atom stereocenters. The highest BCUT2D eigenvalue weighted by atomic mass is 35.5. The monoisotopic (exact) mass is 345 g/mol. The number of amides is 1. The summed E-state index contributed by atoms with van der Waals surface area (Å²) in [6.07, 6.45) is 0. The van der Waals surface area contributed by atoms with Crippen molar-refractivity contribution in [1.82, 2.24) is 0 Å². The molecule has 0 saturated heterocycles. The van der Waals surface area contributed by atoms with Crippen LogP contribution in [0, 0.1) is 6.92 Å². The maximum absolute atomic E-state index is 12.6. The highest BCUT2D eigenvalue weighted by Gasteiger charge is 2.19. The Hall–Kier alpha value is -2.66. The van der Waals surface area contributed by atoms with Gasteiger partial charge in [-0.2, -0.15) is 0 Å². The number of hydrogen-bond donors (Lipinski definition) is 1. The van der Waals surface area contributed by atoms with E-state index >= 15 is 0 Å². The molecule has 124 valence electrons. The largest absolute Gasteiger partial charge is 0.497 e. The van der Waals surface area contributed by atoms with Crippen LogP contribution < -0.4 is 14.8 Å². The zero-order valence-electron chi connectivity index (χ0n) is 13.5. The van der Waals surface area contributed by atoms with Crippen LogP contribution in [0.1, 0.15) is 16.1 Å². The SMILES string of the molecule is COc1ccc2oc(C(=O)Nc3cc(Cl)ccc3OC)c(C)c2c1. The number of carbonyl (C=O) groups excluding carboxylic acids is 1. The summed E-state index contributed by atoms with van der Waals surface area (Å²) in [5.41, 5.74) is 1.84. The maximum atomic E-state index is 12.6. The van der Waals surface area contributed by atoms with E-state index in [4.69, 9.17) is 25.5 Å². The molecule has 2 aromatic carbocycles. The van der Waals surface area contributed by atoms with Crippen LogP contribution in [0.5, 0.6) is 11.5 Å². The second-order valence-electron chi connectivity index (χ2n) is 5.22. The van der Waals surface area contributed by atoms with Gasteiger partial charge in [0.25, 0.3) is 5.91 Å². The van der Waals surface area contributed by atoms with E-state index in [2.05, 4.69) is 5.32 Å². The summed E-state index contributed by atoms with van der Waals surface area (Å²) in [7, 11) is 3.12. The first-order chi connectivity index (χ1) is 11.5. The molecule has 5 nitrogen and oxygen atoms in total. The van der Waals surface area contributed by atoms with Gasteiger partial charge in [0.2, 0.25) is 0 Å². The van der Waals surface area contributed by atoms with E-state index in [-0.39, 0.29) is 11.7 Å². The first kappa shape index (κ1) is 16.2. The number of ether oxygens (including phenoxy) is 2. The molecule has 0 atom stereocenters.